The summed E-state index contributed by atoms with van der Waals surface area (Å²) in [5, 5.41) is 3.26. The number of urea groups is 1. The van der Waals surface area contributed by atoms with Gasteiger partial charge >= 0.3 is 6.03 Å². The third-order valence-electron chi connectivity index (χ3n) is 5.19. The van der Waals surface area contributed by atoms with Crippen LogP contribution < -0.4 is 5.32 Å². The Bertz CT molecular complexity index is 788. The van der Waals surface area contributed by atoms with Crippen molar-refractivity contribution in [3.05, 3.63) is 70.0 Å². The third kappa shape index (κ3) is 5.46. The Morgan fingerprint density at radius 1 is 1.11 bits per heavy atom. The highest BCUT2D eigenvalue weighted by Gasteiger charge is 2.16. The summed E-state index contributed by atoms with van der Waals surface area (Å²) >= 11 is 6.06. The van der Waals surface area contributed by atoms with Crippen LogP contribution in [-0.2, 0) is 19.6 Å². The summed E-state index contributed by atoms with van der Waals surface area (Å²) in [5.41, 5.74) is 2.68. The number of likely N-dealkylation sites (tertiary alicyclic amines) is 1. The van der Waals surface area contributed by atoms with E-state index in [1.807, 2.05) is 18.2 Å². The molecular weight excluding hydrogens is 377 g/mol. The van der Waals surface area contributed by atoms with Gasteiger partial charge in [-0.05, 0) is 49.2 Å². The molecule has 0 aromatic heterocycles. The standard InChI is InChI=1S/C22H27ClFN3O/c1-26(16-19-20(23)10-7-11-21(19)24)22(28)25-14-17-8-3-4-9-18(17)15-27-12-5-2-6-13-27/h3-4,7-11H,2,5-6,12-16H2,1H3,(H,25,28). The molecule has 0 spiro atoms. The van der Waals surface area contributed by atoms with E-state index in [-0.39, 0.29) is 12.6 Å². The van der Waals surface area contributed by atoms with E-state index in [9.17, 15) is 9.18 Å². The number of rotatable bonds is 6. The molecule has 0 saturated carbocycles. The van der Waals surface area contributed by atoms with Crippen LogP contribution in [0.1, 0.15) is 36.0 Å². The van der Waals surface area contributed by atoms with Gasteiger partial charge in [0.05, 0.1) is 6.54 Å². The summed E-state index contributed by atoms with van der Waals surface area (Å²) in [7, 11) is 1.64. The zero-order valence-electron chi connectivity index (χ0n) is 16.3. The summed E-state index contributed by atoms with van der Waals surface area (Å²) < 4.78 is 14.0. The molecule has 3 rings (SSSR count). The number of carbonyl (C=O) groups excluding carboxylic acids is 1. The second-order valence-electron chi connectivity index (χ2n) is 7.32. The molecule has 1 fully saturated rings. The Labute approximate surface area is 171 Å². The molecule has 1 saturated heterocycles. The van der Waals surface area contributed by atoms with Crippen LogP contribution in [0.2, 0.25) is 5.02 Å². The quantitative estimate of drug-likeness (QED) is 0.751. The Morgan fingerprint density at radius 2 is 1.82 bits per heavy atom. The van der Waals surface area contributed by atoms with Crippen LogP contribution in [0, 0.1) is 5.82 Å². The van der Waals surface area contributed by atoms with Gasteiger partial charge in [-0.1, -0.05) is 48.4 Å². The molecule has 1 aliphatic rings. The average Bonchev–Trinajstić information content (AvgIpc) is 2.70. The van der Waals surface area contributed by atoms with Crippen LogP contribution in [0.5, 0.6) is 0 Å². The van der Waals surface area contributed by atoms with E-state index in [2.05, 4.69) is 16.3 Å². The van der Waals surface area contributed by atoms with Crippen molar-refractivity contribution in [2.75, 3.05) is 20.1 Å². The molecule has 0 radical (unpaired) electrons. The van der Waals surface area contributed by atoms with Crippen molar-refractivity contribution in [1.82, 2.24) is 15.1 Å². The lowest BCUT2D eigenvalue weighted by atomic mass is 10.0. The number of piperidine rings is 1. The highest BCUT2D eigenvalue weighted by molar-refractivity contribution is 6.31. The van der Waals surface area contributed by atoms with Gasteiger partial charge in [-0.3, -0.25) is 4.90 Å². The minimum Gasteiger partial charge on any atom is -0.334 e. The predicted molar refractivity (Wildman–Crippen MR) is 111 cm³/mol. The molecule has 1 N–H and O–H groups in total. The van der Waals surface area contributed by atoms with Crippen LogP contribution in [-0.4, -0.2) is 36.0 Å². The van der Waals surface area contributed by atoms with Crippen molar-refractivity contribution in [1.29, 1.82) is 0 Å². The maximum Gasteiger partial charge on any atom is 0.317 e. The fraction of sp³-hybridized carbons (Fsp3) is 0.409. The number of benzene rings is 2. The fourth-order valence-corrected chi connectivity index (χ4v) is 3.76. The maximum absolute atomic E-state index is 14.0. The van der Waals surface area contributed by atoms with Crippen molar-refractivity contribution in [3.63, 3.8) is 0 Å². The van der Waals surface area contributed by atoms with Gasteiger partial charge in [-0.2, -0.15) is 0 Å². The summed E-state index contributed by atoms with van der Waals surface area (Å²) in [5.74, 6) is -0.404. The SMILES string of the molecule is CN(Cc1c(F)cccc1Cl)C(=O)NCc1ccccc1CN1CCCCC1. The molecule has 150 valence electrons. The predicted octanol–water partition coefficient (Wildman–Crippen LogP) is 4.81. The summed E-state index contributed by atoms with van der Waals surface area (Å²) in [4.78, 5) is 16.4. The van der Waals surface area contributed by atoms with Crippen LogP contribution in [0.25, 0.3) is 0 Å². The number of carbonyl (C=O) groups is 1. The molecular formula is C22H27ClFN3O. The summed E-state index contributed by atoms with van der Waals surface area (Å²) in [6, 6.07) is 12.5. The molecule has 0 aliphatic carbocycles. The molecule has 2 aromatic carbocycles. The van der Waals surface area contributed by atoms with Crippen LogP contribution in [0.4, 0.5) is 9.18 Å². The number of halogens is 2. The second kappa shape index (κ2) is 9.89. The topological polar surface area (TPSA) is 35.6 Å². The normalized spacial score (nSPS) is 14.7. The van der Waals surface area contributed by atoms with Crippen LogP contribution in [0.15, 0.2) is 42.5 Å². The molecule has 1 heterocycles. The van der Waals surface area contributed by atoms with Crippen LogP contribution >= 0.6 is 11.6 Å². The largest absolute Gasteiger partial charge is 0.334 e. The van der Waals surface area contributed by atoms with Gasteiger partial charge in [0.25, 0.3) is 0 Å². The molecule has 1 aliphatic heterocycles. The number of nitrogens with one attached hydrogen (secondary N) is 1. The molecule has 6 heteroatoms. The molecule has 28 heavy (non-hydrogen) atoms. The van der Waals surface area contributed by atoms with Gasteiger partial charge in [0.1, 0.15) is 5.82 Å². The zero-order valence-corrected chi connectivity index (χ0v) is 17.0. The van der Waals surface area contributed by atoms with E-state index < -0.39 is 5.82 Å². The Kier molecular flexibility index (Phi) is 7.29. The van der Waals surface area contributed by atoms with Gasteiger partial charge in [0.2, 0.25) is 0 Å². The lowest BCUT2D eigenvalue weighted by molar-refractivity contribution is 0.205. The number of hydrogen-bond acceptors (Lipinski definition) is 2. The fourth-order valence-electron chi connectivity index (χ4n) is 3.54. The molecule has 0 bridgehead atoms. The lowest BCUT2D eigenvalue weighted by Gasteiger charge is -2.27. The smallest absolute Gasteiger partial charge is 0.317 e. The van der Waals surface area contributed by atoms with Gasteiger partial charge < -0.3 is 10.2 Å². The highest BCUT2D eigenvalue weighted by atomic mass is 35.5. The second-order valence-corrected chi connectivity index (χ2v) is 7.73. The third-order valence-corrected chi connectivity index (χ3v) is 5.55. The molecule has 2 aromatic rings. The number of nitrogens with zero attached hydrogens (tertiary/aromatic N) is 2. The first-order valence-electron chi connectivity index (χ1n) is 9.75. The van der Waals surface area contributed by atoms with Gasteiger partial charge in [0.15, 0.2) is 0 Å². The Hall–Kier alpha value is -2.11. The van der Waals surface area contributed by atoms with Crippen molar-refractivity contribution < 1.29 is 9.18 Å². The minimum atomic E-state index is -0.404. The van der Waals surface area contributed by atoms with E-state index in [0.29, 0.717) is 17.1 Å². The number of hydrogen-bond donors (Lipinski definition) is 1. The highest BCUT2D eigenvalue weighted by Crippen LogP contribution is 2.20. The van der Waals surface area contributed by atoms with Crippen molar-refractivity contribution >= 4 is 17.6 Å². The first kappa shape index (κ1) is 20.6. The summed E-state index contributed by atoms with van der Waals surface area (Å²) in [6.45, 7) is 3.73. The van der Waals surface area contributed by atoms with Gasteiger partial charge in [-0.15, -0.1) is 0 Å². The first-order valence-corrected chi connectivity index (χ1v) is 10.1. The Balaban J connectivity index is 1.58. The van der Waals surface area contributed by atoms with E-state index in [4.69, 9.17) is 11.6 Å². The molecule has 2 amide bonds. The minimum absolute atomic E-state index is 0.118. The first-order chi connectivity index (χ1) is 13.5. The Morgan fingerprint density at radius 3 is 2.54 bits per heavy atom. The van der Waals surface area contributed by atoms with Gasteiger partial charge in [0, 0.05) is 30.7 Å². The zero-order chi connectivity index (χ0) is 19.9. The molecule has 0 unspecified atom stereocenters. The van der Waals surface area contributed by atoms with Crippen molar-refractivity contribution in [2.45, 2.75) is 38.9 Å². The van der Waals surface area contributed by atoms with E-state index in [1.165, 1.54) is 35.8 Å². The van der Waals surface area contributed by atoms with E-state index in [0.717, 1.165) is 25.2 Å². The van der Waals surface area contributed by atoms with Crippen molar-refractivity contribution in [2.24, 2.45) is 0 Å². The number of amides is 2. The van der Waals surface area contributed by atoms with E-state index in [1.54, 1.807) is 19.2 Å². The maximum atomic E-state index is 14.0. The van der Waals surface area contributed by atoms with E-state index >= 15 is 0 Å². The molecule has 0 atom stereocenters. The average molecular weight is 404 g/mol. The molecule has 4 nitrogen and oxygen atoms in total. The van der Waals surface area contributed by atoms with Crippen molar-refractivity contribution in [3.8, 4) is 0 Å². The van der Waals surface area contributed by atoms with Crippen LogP contribution in [0.3, 0.4) is 0 Å². The lowest BCUT2D eigenvalue weighted by Crippen LogP contribution is -2.37. The van der Waals surface area contributed by atoms with Gasteiger partial charge in [-0.25, -0.2) is 9.18 Å². The summed E-state index contributed by atoms with van der Waals surface area (Å²) in [6.07, 6.45) is 3.82. The monoisotopic (exact) mass is 403 g/mol.